The second kappa shape index (κ2) is 3.94. The van der Waals surface area contributed by atoms with Gasteiger partial charge in [0.1, 0.15) is 5.82 Å². The van der Waals surface area contributed by atoms with E-state index in [2.05, 4.69) is 4.99 Å². The van der Waals surface area contributed by atoms with Crippen LogP contribution in [0.2, 0.25) is 5.02 Å². The van der Waals surface area contributed by atoms with Crippen LogP contribution in [-0.4, -0.2) is 12.0 Å². The summed E-state index contributed by atoms with van der Waals surface area (Å²) in [6.07, 6.45) is 1.07. The van der Waals surface area contributed by atoms with Gasteiger partial charge in [0.15, 0.2) is 0 Å². The van der Waals surface area contributed by atoms with Crippen molar-refractivity contribution in [1.82, 2.24) is 0 Å². The van der Waals surface area contributed by atoms with Gasteiger partial charge in [-0.3, -0.25) is 4.79 Å². The lowest BCUT2D eigenvalue weighted by atomic mass is 10.2. The van der Waals surface area contributed by atoms with E-state index in [0.717, 1.165) is 12.1 Å². The number of halogens is 2. The Morgan fingerprint density at radius 1 is 1.54 bits per heavy atom. The minimum atomic E-state index is -0.842. The normalized spacial score (nSPS) is 9.08. The third-order valence-electron chi connectivity index (χ3n) is 1.31. The lowest BCUT2D eigenvalue weighted by Gasteiger charge is -1.95. The van der Waals surface area contributed by atoms with Crippen molar-refractivity contribution in [3.63, 3.8) is 0 Å². The van der Waals surface area contributed by atoms with Gasteiger partial charge in [-0.15, -0.1) is 4.99 Å². The predicted octanol–water partition coefficient (Wildman–Crippen LogP) is 1.96. The smallest absolute Gasteiger partial charge is 0.266 e. The van der Waals surface area contributed by atoms with Crippen molar-refractivity contribution >= 4 is 23.6 Å². The lowest BCUT2D eigenvalue weighted by molar-refractivity contribution is 0.100. The molecular formula is C8H3ClFNO2. The van der Waals surface area contributed by atoms with Crippen LogP contribution in [0.15, 0.2) is 23.2 Å². The van der Waals surface area contributed by atoms with Gasteiger partial charge < -0.3 is 0 Å². The molecule has 0 aliphatic carbocycles. The molecule has 0 unspecified atom stereocenters. The SMILES string of the molecule is O=C=NC(=O)c1ccc(Cl)c(F)c1. The summed E-state index contributed by atoms with van der Waals surface area (Å²) in [6.45, 7) is 0. The van der Waals surface area contributed by atoms with Crippen molar-refractivity contribution in [2.24, 2.45) is 4.99 Å². The van der Waals surface area contributed by atoms with Gasteiger partial charge in [-0.05, 0) is 18.2 Å². The predicted molar refractivity (Wildman–Crippen MR) is 43.9 cm³/mol. The van der Waals surface area contributed by atoms with E-state index in [1.54, 1.807) is 0 Å². The summed E-state index contributed by atoms with van der Waals surface area (Å²) in [7, 11) is 0. The molecule has 0 heterocycles. The summed E-state index contributed by atoms with van der Waals surface area (Å²) >= 11 is 5.37. The first-order chi connectivity index (χ1) is 6.15. The standard InChI is InChI=1S/C8H3ClFNO2/c9-6-2-1-5(3-7(6)10)8(13)11-4-12/h1-3H. The highest BCUT2D eigenvalue weighted by Crippen LogP contribution is 2.15. The zero-order valence-corrected chi connectivity index (χ0v) is 7.01. The van der Waals surface area contributed by atoms with Crippen molar-refractivity contribution in [3.8, 4) is 0 Å². The fourth-order valence-electron chi connectivity index (χ4n) is 0.735. The van der Waals surface area contributed by atoms with E-state index in [1.807, 2.05) is 0 Å². The summed E-state index contributed by atoms with van der Waals surface area (Å²) in [5.41, 5.74) is -0.0368. The minimum absolute atomic E-state index is 0.0368. The third-order valence-corrected chi connectivity index (χ3v) is 1.62. The average molecular weight is 200 g/mol. The number of benzene rings is 1. The van der Waals surface area contributed by atoms with E-state index in [1.165, 1.54) is 12.1 Å². The van der Waals surface area contributed by atoms with Crippen molar-refractivity contribution in [2.75, 3.05) is 0 Å². The number of rotatable bonds is 1. The Morgan fingerprint density at radius 2 is 2.23 bits per heavy atom. The van der Waals surface area contributed by atoms with Gasteiger partial charge in [-0.25, -0.2) is 9.18 Å². The summed E-state index contributed by atoms with van der Waals surface area (Å²) in [5, 5.41) is -0.0911. The molecule has 1 aromatic carbocycles. The highest BCUT2D eigenvalue weighted by Gasteiger charge is 2.07. The van der Waals surface area contributed by atoms with E-state index in [9.17, 15) is 14.0 Å². The molecule has 13 heavy (non-hydrogen) atoms. The summed E-state index contributed by atoms with van der Waals surface area (Å²) in [5.74, 6) is -1.57. The molecule has 0 bridgehead atoms. The first-order valence-corrected chi connectivity index (χ1v) is 3.60. The molecule has 0 aliphatic rings. The van der Waals surface area contributed by atoms with Gasteiger partial charge in [0.2, 0.25) is 6.08 Å². The summed E-state index contributed by atoms with van der Waals surface area (Å²) in [4.78, 5) is 23.4. The zero-order chi connectivity index (χ0) is 9.84. The molecule has 0 atom stereocenters. The Bertz CT molecular complexity index is 399. The molecule has 0 fully saturated rings. The van der Waals surface area contributed by atoms with Crippen LogP contribution in [0.25, 0.3) is 0 Å². The molecule has 0 radical (unpaired) electrons. The van der Waals surface area contributed by atoms with Gasteiger partial charge in [0.05, 0.1) is 5.02 Å². The monoisotopic (exact) mass is 199 g/mol. The summed E-state index contributed by atoms with van der Waals surface area (Å²) < 4.78 is 12.8. The molecule has 1 amide bonds. The maximum Gasteiger partial charge on any atom is 0.287 e. The van der Waals surface area contributed by atoms with Crippen LogP contribution in [0.3, 0.4) is 0 Å². The minimum Gasteiger partial charge on any atom is -0.266 e. The molecule has 1 aromatic rings. The van der Waals surface area contributed by atoms with Crippen molar-refractivity contribution < 1.29 is 14.0 Å². The molecule has 5 heteroatoms. The van der Waals surface area contributed by atoms with Crippen LogP contribution in [0, 0.1) is 5.82 Å². The Hall–Kier alpha value is -1.51. The highest BCUT2D eigenvalue weighted by molar-refractivity contribution is 6.30. The van der Waals surface area contributed by atoms with Crippen LogP contribution in [0.4, 0.5) is 4.39 Å². The van der Waals surface area contributed by atoms with E-state index < -0.39 is 11.7 Å². The Labute approximate surface area is 77.8 Å². The average Bonchev–Trinajstić information content (AvgIpc) is 2.10. The second-order valence-electron chi connectivity index (χ2n) is 2.14. The number of nitrogens with zero attached hydrogens (tertiary/aromatic N) is 1. The Morgan fingerprint density at radius 3 is 2.77 bits per heavy atom. The van der Waals surface area contributed by atoms with E-state index in [-0.39, 0.29) is 10.6 Å². The maximum atomic E-state index is 12.8. The van der Waals surface area contributed by atoms with Gasteiger partial charge in [0.25, 0.3) is 5.91 Å². The van der Waals surface area contributed by atoms with Crippen LogP contribution in [0.5, 0.6) is 0 Å². The molecular weight excluding hydrogens is 197 g/mol. The third kappa shape index (κ3) is 2.21. The molecule has 0 aliphatic heterocycles. The Balaban J connectivity index is 3.10. The molecule has 0 saturated heterocycles. The second-order valence-corrected chi connectivity index (χ2v) is 2.54. The quantitative estimate of drug-likeness (QED) is 0.513. The molecule has 0 aromatic heterocycles. The van der Waals surface area contributed by atoms with Gasteiger partial charge in [0, 0.05) is 5.56 Å². The fraction of sp³-hybridized carbons (Fsp3) is 0. The van der Waals surface area contributed by atoms with Gasteiger partial charge in [-0.1, -0.05) is 11.6 Å². The number of hydrogen-bond donors (Lipinski definition) is 0. The maximum absolute atomic E-state index is 12.8. The van der Waals surface area contributed by atoms with E-state index in [0.29, 0.717) is 0 Å². The Kier molecular flexibility index (Phi) is 2.90. The topological polar surface area (TPSA) is 46.5 Å². The fourth-order valence-corrected chi connectivity index (χ4v) is 0.853. The molecule has 66 valence electrons. The van der Waals surface area contributed by atoms with E-state index >= 15 is 0 Å². The number of carbonyl (C=O) groups is 1. The van der Waals surface area contributed by atoms with Gasteiger partial charge >= 0.3 is 0 Å². The molecule has 0 saturated carbocycles. The van der Waals surface area contributed by atoms with Crippen molar-refractivity contribution in [3.05, 3.63) is 34.6 Å². The highest BCUT2D eigenvalue weighted by atomic mass is 35.5. The lowest BCUT2D eigenvalue weighted by Crippen LogP contribution is -1.94. The number of hydrogen-bond acceptors (Lipinski definition) is 2. The first kappa shape index (κ1) is 9.58. The van der Waals surface area contributed by atoms with Crippen LogP contribution >= 0.6 is 11.6 Å². The molecule has 0 N–H and O–H groups in total. The number of amides is 1. The number of carbonyl (C=O) groups excluding carboxylic acids is 2. The summed E-state index contributed by atoms with van der Waals surface area (Å²) in [6, 6.07) is 3.39. The molecule has 0 spiro atoms. The first-order valence-electron chi connectivity index (χ1n) is 3.22. The van der Waals surface area contributed by atoms with E-state index in [4.69, 9.17) is 11.6 Å². The zero-order valence-electron chi connectivity index (χ0n) is 6.25. The molecule has 3 nitrogen and oxygen atoms in total. The van der Waals surface area contributed by atoms with Crippen molar-refractivity contribution in [1.29, 1.82) is 0 Å². The number of isocyanates is 1. The number of aliphatic imine (C=N–C) groups is 1. The van der Waals surface area contributed by atoms with Crippen LogP contribution in [0.1, 0.15) is 10.4 Å². The largest absolute Gasteiger partial charge is 0.287 e. The molecule has 1 rings (SSSR count). The van der Waals surface area contributed by atoms with Crippen LogP contribution in [-0.2, 0) is 4.79 Å². The van der Waals surface area contributed by atoms with Gasteiger partial charge in [-0.2, -0.15) is 0 Å². The van der Waals surface area contributed by atoms with Crippen molar-refractivity contribution in [2.45, 2.75) is 0 Å². The van der Waals surface area contributed by atoms with Crippen LogP contribution < -0.4 is 0 Å².